The Hall–Kier alpha value is -2.48. The van der Waals surface area contributed by atoms with E-state index in [-0.39, 0.29) is 0 Å². The van der Waals surface area contributed by atoms with Crippen molar-refractivity contribution in [2.45, 2.75) is 0 Å². The molecule has 0 aliphatic rings. The average molecular weight is 249 g/mol. The molecule has 0 fully saturated rings. The van der Waals surface area contributed by atoms with E-state index in [0.29, 0.717) is 0 Å². The van der Waals surface area contributed by atoms with Crippen LogP contribution >= 0.6 is 0 Å². The van der Waals surface area contributed by atoms with E-state index in [1.165, 1.54) is 10.8 Å². The minimum atomic E-state index is 0.781. The molecular weight excluding hydrogens is 234 g/mol. The molecule has 3 aromatic rings. The van der Waals surface area contributed by atoms with Gasteiger partial charge >= 0.3 is 0 Å². The standard InChI is InChI=1S/C17H15NO/c1-19-17-8-7-12-5-6-14(9-15(12)11-17)13-3-2-4-16(18)10-13/h2-11H,18H2,1H3. The predicted octanol–water partition coefficient (Wildman–Crippen LogP) is 4.10. The average Bonchev–Trinajstić information content (AvgIpc) is 2.46. The summed E-state index contributed by atoms with van der Waals surface area (Å²) in [5, 5.41) is 2.37. The lowest BCUT2D eigenvalue weighted by atomic mass is 10.0. The molecule has 0 saturated carbocycles. The van der Waals surface area contributed by atoms with Crippen molar-refractivity contribution < 1.29 is 4.74 Å². The van der Waals surface area contributed by atoms with Crippen molar-refractivity contribution in [3.63, 3.8) is 0 Å². The summed E-state index contributed by atoms with van der Waals surface area (Å²) in [5.74, 6) is 0.872. The second kappa shape index (κ2) is 4.65. The van der Waals surface area contributed by atoms with Crippen LogP contribution in [-0.4, -0.2) is 7.11 Å². The van der Waals surface area contributed by atoms with Crippen LogP contribution in [0.5, 0.6) is 5.75 Å². The molecule has 0 unspecified atom stereocenters. The number of anilines is 1. The maximum Gasteiger partial charge on any atom is 0.119 e. The number of rotatable bonds is 2. The number of benzene rings is 3. The SMILES string of the molecule is COc1ccc2ccc(-c3cccc(N)c3)cc2c1. The number of methoxy groups -OCH3 is 1. The topological polar surface area (TPSA) is 35.2 Å². The number of fused-ring (bicyclic) bond motifs is 1. The zero-order valence-electron chi connectivity index (χ0n) is 10.8. The smallest absolute Gasteiger partial charge is 0.119 e. The molecule has 0 atom stereocenters. The van der Waals surface area contributed by atoms with E-state index >= 15 is 0 Å². The van der Waals surface area contributed by atoms with Crippen LogP contribution in [0.25, 0.3) is 21.9 Å². The van der Waals surface area contributed by atoms with Crippen LogP contribution in [0.2, 0.25) is 0 Å². The summed E-state index contributed by atoms with van der Waals surface area (Å²) in [6, 6.07) is 20.4. The highest BCUT2D eigenvalue weighted by atomic mass is 16.5. The van der Waals surface area contributed by atoms with Crippen LogP contribution in [0.15, 0.2) is 60.7 Å². The van der Waals surface area contributed by atoms with Crippen LogP contribution in [0.4, 0.5) is 5.69 Å². The molecule has 3 aromatic carbocycles. The van der Waals surface area contributed by atoms with Crippen molar-refractivity contribution in [3.8, 4) is 16.9 Å². The Morgan fingerprint density at radius 3 is 2.37 bits per heavy atom. The summed E-state index contributed by atoms with van der Waals surface area (Å²) < 4.78 is 5.27. The van der Waals surface area contributed by atoms with Crippen molar-refractivity contribution in [1.82, 2.24) is 0 Å². The fourth-order valence-corrected chi connectivity index (χ4v) is 2.25. The molecule has 0 amide bonds. The molecule has 0 saturated heterocycles. The lowest BCUT2D eigenvalue weighted by molar-refractivity contribution is 0.415. The molecule has 0 bridgehead atoms. The fraction of sp³-hybridized carbons (Fsp3) is 0.0588. The minimum absolute atomic E-state index is 0.781. The summed E-state index contributed by atoms with van der Waals surface area (Å²) in [6.07, 6.45) is 0. The van der Waals surface area contributed by atoms with Crippen LogP contribution in [-0.2, 0) is 0 Å². The van der Waals surface area contributed by atoms with Gasteiger partial charge in [-0.2, -0.15) is 0 Å². The Morgan fingerprint density at radius 2 is 1.58 bits per heavy atom. The summed E-state index contributed by atoms with van der Waals surface area (Å²) in [5.41, 5.74) is 8.90. The van der Waals surface area contributed by atoms with Gasteiger partial charge in [-0.1, -0.05) is 30.3 Å². The van der Waals surface area contributed by atoms with Crippen molar-refractivity contribution in [2.24, 2.45) is 0 Å². The van der Waals surface area contributed by atoms with Crippen LogP contribution in [0, 0.1) is 0 Å². The normalized spacial score (nSPS) is 10.6. The second-order valence-corrected chi connectivity index (χ2v) is 4.55. The van der Waals surface area contributed by atoms with Gasteiger partial charge in [-0.3, -0.25) is 0 Å². The van der Waals surface area contributed by atoms with Crippen LogP contribution < -0.4 is 10.5 Å². The molecule has 2 nitrogen and oxygen atoms in total. The molecule has 2 N–H and O–H groups in total. The molecule has 2 heteroatoms. The number of hydrogen-bond donors (Lipinski definition) is 1. The Kier molecular flexibility index (Phi) is 2.84. The van der Waals surface area contributed by atoms with Gasteiger partial charge in [0.25, 0.3) is 0 Å². The third-order valence-corrected chi connectivity index (χ3v) is 3.27. The first-order chi connectivity index (χ1) is 9.26. The van der Waals surface area contributed by atoms with Crippen molar-refractivity contribution in [3.05, 3.63) is 60.7 Å². The molecule has 0 radical (unpaired) electrons. The van der Waals surface area contributed by atoms with Gasteiger partial charge in [0, 0.05) is 5.69 Å². The van der Waals surface area contributed by atoms with E-state index in [2.05, 4.69) is 30.3 Å². The van der Waals surface area contributed by atoms with E-state index in [1.807, 2.05) is 30.3 Å². The molecule has 3 rings (SSSR count). The largest absolute Gasteiger partial charge is 0.497 e. The first-order valence-corrected chi connectivity index (χ1v) is 6.20. The highest BCUT2D eigenvalue weighted by molar-refractivity contribution is 5.88. The van der Waals surface area contributed by atoms with E-state index in [1.54, 1.807) is 7.11 Å². The molecule has 19 heavy (non-hydrogen) atoms. The first kappa shape index (κ1) is 11.6. The van der Waals surface area contributed by atoms with Crippen molar-refractivity contribution in [2.75, 3.05) is 12.8 Å². The predicted molar refractivity (Wildman–Crippen MR) is 80.3 cm³/mol. The third-order valence-electron chi connectivity index (χ3n) is 3.27. The van der Waals surface area contributed by atoms with E-state index in [9.17, 15) is 0 Å². The summed E-state index contributed by atoms with van der Waals surface area (Å²) in [4.78, 5) is 0. The van der Waals surface area contributed by atoms with Gasteiger partial charge < -0.3 is 10.5 Å². The van der Waals surface area contributed by atoms with Gasteiger partial charge in [0.15, 0.2) is 0 Å². The first-order valence-electron chi connectivity index (χ1n) is 6.20. The maximum atomic E-state index is 5.83. The summed E-state index contributed by atoms with van der Waals surface area (Å²) in [6.45, 7) is 0. The number of hydrogen-bond acceptors (Lipinski definition) is 2. The van der Waals surface area contributed by atoms with Gasteiger partial charge in [0.1, 0.15) is 5.75 Å². The zero-order chi connectivity index (χ0) is 13.2. The molecule has 0 aliphatic heterocycles. The summed E-state index contributed by atoms with van der Waals surface area (Å²) in [7, 11) is 1.68. The Morgan fingerprint density at radius 1 is 0.789 bits per heavy atom. The molecule has 0 spiro atoms. The third kappa shape index (κ3) is 2.25. The van der Waals surface area contributed by atoms with Gasteiger partial charge in [0.2, 0.25) is 0 Å². The van der Waals surface area contributed by atoms with Gasteiger partial charge in [-0.25, -0.2) is 0 Å². The highest BCUT2D eigenvalue weighted by Crippen LogP contribution is 2.27. The molecular formula is C17H15NO. The molecule has 0 heterocycles. The van der Waals surface area contributed by atoms with Crippen molar-refractivity contribution in [1.29, 1.82) is 0 Å². The number of nitrogens with two attached hydrogens (primary N) is 1. The monoisotopic (exact) mass is 249 g/mol. The number of ether oxygens (including phenoxy) is 1. The minimum Gasteiger partial charge on any atom is -0.497 e. The van der Waals surface area contributed by atoms with E-state index in [0.717, 1.165) is 22.6 Å². The van der Waals surface area contributed by atoms with Gasteiger partial charge in [0.05, 0.1) is 7.11 Å². The van der Waals surface area contributed by atoms with E-state index in [4.69, 9.17) is 10.5 Å². The second-order valence-electron chi connectivity index (χ2n) is 4.55. The molecule has 0 aromatic heterocycles. The summed E-state index contributed by atoms with van der Waals surface area (Å²) >= 11 is 0. The highest BCUT2D eigenvalue weighted by Gasteiger charge is 2.01. The van der Waals surface area contributed by atoms with Gasteiger partial charge in [-0.05, 0) is 52.2 Å². The lowest BCUT2D eigenvalue weighted by Crippen LogP contribution is -1.86. The Labute approximate surface area is 112 Å². The van der Waals surface area contributed by atoms with Crippen LogP contribution in [0.3, 0.4) is 0 Å². The number of nitrogen functional groups attached to an aromatic ring is 1. The maximum absolute atomic E-state index is 5.83. The molecule has 94 valence electrons. The quantitative estimate of drug-likeness (QED) is 0.694. The Bertz CT molecular complexity index is 734. The lowest BCUT2D eigenvalue weighted by Gasteiger charge is -2.06. The Balaban J connectivity index is 2.15. The van der Waals surface area contributed by atoms with Crippen LogP contribution in [0.1, 0.15) is 0 Å². The van der Waals surface area contributed by atoms with Crippen molar-refractivity contribution >= 4 is 16.5 Å². The zero-order valence-corrected chi connectivity index (χ0v) is 10.8. The van der Waals surface area contributed by atoms with E-state index < -0.39 is 0 Å². The fourth-order valence-electron chi connectivity index (χ4n) is 2.25. The van der Waals surface area contributed by atoms with Gasteiger partial charge in [-0.15, -0.1) is 0 Å². The molecule has 0 aliphatic carbocycles.